The number of benzene rings is 1. The summed E-state index contributed by atoms with van der Waals surface area (Å²) in [6.07, 6.45) is -4.31. The molecule has 1 saturated heterocycles. The van der Waals surface area contributed by atoms with Crippen LogP contribution in [0.5, 0.6) is 0 Å². The van der Waals surface area contributed by atoms with Crippen molar-refractivity contribution in [3.8, 4) is 0 Å². The van der Waals surface area contributed by atoms with Crippen molar-refractivity contribution in [1.29, 1.82) is 0 Å². The van der Waals surface area contributed by atoms with Gasteiger partial charge < -0.3 is 30.8 Å². The predicted octanol–water partition coefficient (Wildman–Crippen LogP) is 2.09. The van der Waals surface area contributed by atoms with Crippen molar-refractivity contribution in [3.05, 3.63) is 48.6 Å². The number of ether oxygens (including phenoxy) is 1. The van der Waals surface area contributed by atoms with Gasteiger partial charge in [0.15, 0.2) is 0 Å². The second-order valence-corrected chi connectivity index (χ2v) is 8.20. The number of nitrogen functional groups attached to an aromatic ring is 1. The number of nitrogens with two attached hydrogens (primary N) is 2. The molecular formula is C21H25F3N8O2. The van der Waals surface area contributed by atoms with Crippen LogP contribution in [0.3, 0.4) is 0 Å². The quantitative estimate of drug-likeness (QED) is 0.241. The number of nitrogens with zero attached hydrogens (tertiary/aromatic N) is 6. The lowest BCUT2D eigenvalue weighted by Crippen LogP contribution is -2.27. The van der Waals surface area contributed by atoms with Crippen molar-refractivity contribution in [3.63, 3.8) is 0 Å². The minimum absolute atomic E-state index is 0.0295. The van der Waals surface area contributed by atoms with Gasteiger partial charge in [0.2, 0.25) is 29.4 Å². The number of para-hydroxylation sites is 1. The fraction of sp³-hybridized carbons (Fsp3) is 0.429. The second-order valence-electron chi connectivity index (χ2n) is 8.20. The van der Waals surface area contributed by atoms with E-state index >= 15 is 0 Å². The van der Waals surface area contributed by atoms with E-state index < -0.39 is 12.8 Å². The fourth-order valence-electron chi connectivity index (χ4n) is 4.02. The molecule has 1 aromatic carbocycles. The summed E-state index contributed by atoms with van der Waals surface area (Å²) < 4.78 is 41.4. The first-order chi connectivity index (χ1) is 16.1. The first kappa shape index (κ1) is 23.5. The highest BCUT2D eigenvalue weighted by molar-refractivity contribution is 5.94. The molecule has 1 aliphatic heterocycles. The maximum atomic E-state index is 12.2. The largest absolute Gasteiger partial charge is 0.411 e. The standard InChI is InChI=1S/C21H25F3N8O2/c1-12(32-8-14-15(9-32)16(14)10-33-11-21(22,23)24)34-30-17(25)18-27-19(26)29-20(28-18)31(2)13-6-4-3-5-7-13/h3-7,14-16H,1,8-11H2,2H3,(H2,25,30)(H2,26,27,28,29)/t14-,15+,16+. The molecule has 4 rings (SSSR count). The molecule has 2 aliphatic rings. The molecular weight excluding hydrogens is 453 g/mol. The van der Waals surface area contributed by atoms with E-state index in [1.54, 1.807) is 11.9 Å². The Morgan fingerprint density at radius 2 is 1.88 bits per heavy atom. The number of halogens is 3. The molecule has 3 atom stereocenters. The third kappa shape index (κ3) is 5.47. The average Bonchev–Trinajstić information content (AvgIpc) is 3.23. The third-order valence-corrected chi connectivity index (χ3v) is 5.86. The molecule has 0 unspecified atom stereocenters. The van der Waals surface area contributed by atoms with Crippen molar-refractivity contribution >= 4 is 23.4 Å². The van der Waals surface area contributed by atoms with E-state index in [4.69, 9.17) is 21.0 Å². The van der Waals surface area contributed by atoms with Gasteiger partial charge in [-0.2, -0.15) is 28.1 Å². The number of alkyl halides is 3. The molecule has 10 nitrogen and oxygen atoms in total. The topological polar surface area (TPSA) is 128 Å². The summed E-state index contributed by atoms with van der Waals surface area (Å²) in [5.41, 5.74) is 12.7. The van der Waals surface area contributed by atoms with Crippen molar-refractivity contribution < 1.29 is 22.7 Å². The predicted molar refractivity (Wildman–Crippen MR) is 119 cm³/mol. The SMILES string of the molecule is C=C(O/N=C(\N)c1nc(N)nc(N(C)c2ccccc2)n1)N1C[C@@H]2[C@@H](COCC(F)(F)F)[C@@H]2C1. The van der Waals surface area contributed by atoms with E-state index in [0.29, 0.717) is 13.1 Å². The zero-order valence-corrected chi connectivity index (χ0v) is 18.4. The molecule has 0 radical (unpaired) electrons. The molecule has 1 aliphatic carbocycles. The van der Waals surface area contributed by atoms with Gasteiger partial charge in [0.1, 0.15) is 6.61 Å². The highest BCUT2D eigenvalue weighted by Crippen LogP contribution is 2.52. The van der Waals surface area contributed by atoms with Crippen molar-refractivity contribution in [2.45, 2.75) is 6.18 Å². The number of hydrogen-bond acceptors (Lipinski definition) is 9. The van der Waals surface area contributed by atoms with Gasteiger partial charge in [0, 0.05) is 25.8 Å². The van der Waals surface area contributed by atoms with Crippen LogP contribution in [0.4, 0.5) is 30.8 Å². The van der Waals surface area contributed by atoms with Gasteiger partial charge in [0.05, 0.1) is 6.61 Å². The van der Waals surface area contributed by atoms with Gasteiger partial charge in [-0.15, -0.1) is 0 Å². The first-order valence-corrected chi connectivity index (χ1v) is 10.5. The summed E-state index contributed by atoms with van der Waals surface area (Å²) in [4.78, 5) is 21.4. The molecule has 0 bridgehead atoms. The van der Waals surface area contributed by atoms with E-state index in [-0.39, 0.29) is 53.8 Å². The highest BCUT2D eigenvalue weighted by atomic mass is 19.4. The van der Waals surface area contributed by atoms with E-state index in [1.807, 2.05) is 35.2 Å². The summed E-state index contributed by atoms with van der Waals surface area (Å²) in [6.45, 7) is 3.93. The van der Waals surface area contributed by atoms with Crippen LogP contribution < -0.4 is 16.4 Å². The Morgan fingerprint density at radius 1 is 1.21 bits per heavy atom. The van der Waals surface area contributed by atoms with Gasteiger partial charge in [-0.25, -0.2) is 0 Å². The minimum Gasteiger partial charge on any atom is -0.378 e. The first-order valence-electron chi connectivity index (χ1n) is 10.5. The Kier molecular flexibility index (Phi) is 6.46. The Hall–Kier alpha value is -3.61. The normalized spacial score (nSPS) is 21.8. The van der Waals surface area contributed by atoms with Crippen molar-refractivity contribution in [2.75, 3.05) is 44.0 Å². The zero-order valence-electron chi connectivity index (χ0n) is 18.4. The lowest BCUT2D eigenvalue weighted by atomic mass is 10.3. The van der Waals surface area contributed by atoms with Gasteiger partial charge in [-0.1, -0.05) is 23.4 Å². The van der Waals surface area contributed by atoms with Crippen LogP contribution in [0.1, 0.15) is 5.82 Å². The number of likely N-dealkylation sites (tertiary alicyclic amines) is 1. The van der Waals surface area contributed by atoms with Crippen LogP contribution in [0.15, 0.2) is 47.9 Å². The van der Waals surface area contributed by atoms with Crippen molar-refractivity contribution in [2.24, 2.45) is 28.6 Å². The number of amidine groups is 1. The van der Waals surface area contributed by atoms with Gasteiger partial charge in [-0.05, 0) is 36.5 Å². The lowest BCUT2D eigenvalue weighted by Gasteiger charge is -2.21. The molecule has 182 valence electrons. The monoisotopic (exact) mass is 478 g/mol. The van der Waals surface area contributed by atoms with Crippen LogP contribution in [0, 0.1) is 17.8 Å². The molecule has 0 amide bonds. The summed E-state index contributed by atoms with van der Waals surface area (Å²) in [5.74, 6) is 1.07. The Labute approximate surface area is 194 Å². The Balaban J connectivity index is 1.31. The molecule has 2 fully saturated rings. The van der Waals surface area contributed by atoms with E-state index in [2.05, 4.69) is 26.7 Å². The number of fused-ring (bicyclic) bond motifs is 1. The number of piperidine rings is 1. The Bertz CT molecular complexity index is 1050. The van der Waals surface area contributed by atoms with Crippen LogP contribution in [0.25, 0.3) is 0 Å². The number of rotatable bonds is 9. The van der Waals surface area contributed by atoms with Gasteiger partial charge >= 0.3 is 6.18 Å². The second kappa shape index (κ2) is 9.33. The molecule has 2 aromatic rings. The smallest absolute Gasteiger partial charge is 0.378 e. The lowest BCUT2D eigenvalue weighted by molar-refractivity contribution is -0.175. The summed E-state index contributed by atoms with van der Waals surface area (Å²) in [7, 11) is 1.78. The fourth-order valence-corrected chi connectivity index (χ4v) is 4.02. The molecule has 4 N–H and O–H groups in total. The molecule has 1 aromatic heterocycles. The minimum atomic E-state index is -4.31. The van der Waals surface area contributed by atoms with Gasteiger partial charge in [0.25, 0.3) is 0 Å². The zero-order chi connectivity index (χ0) is 24.5. The molecule has 0 spiro atoms. The number of hydrogen-bond donors (Lipinski definition) is 2. The van der Waals surface area contributed by atoms with Gasteiger partial charge in [-0.3, -0.25) is 0 Å². The highest BCUT2D eigenvalue weighted by Gasteiger charge is 2.56. The Morgan fingerprint density at radius 3 is 2.53 bits per heavy atom. The molecule has 13 heteroatoms. The number of aromatic nitrogens is 3. The van der Waals surface area contributed by atoms with Crippen LogP contribution in [-0.4, -0.2) is 65.2 Å². The average molecular weight is 478 g/mol. The van der Waals surface area contributed by atoms with E-state index in [0.717, 1.165) is 5.69 Å². The summed E-state index contributed by atoms with van der Waals surface area (Å²) in [5, 5.41) is 3.87. The molecule has 1 saturated carbocycles. The van der Waals surface area contributed by atoms with E-state index in [1.165, 1.54) is 0 Å². The summed E-state index contributed by atoms with van der Waals surface area (Å²) in [6, 6.07) is 9.43. The summed E-state index contributed by atoms with van der Waals surface area (Å²) >= 11 is 0. The van der Waals surface area contributed by atoms with Crippen molar-refractivity contribution in [1.82, 2.24) is 19.9 Å². The number of oxime groups is 1. The molecule has 34 heavy (non-hydrogen) atoms. The molecule has 2 heterocycles. The maximum Gasteiger partial charge on any atom is 0.411 e. The van der Waals surface area contributed by atoms with E-state index in [9.17, 15) is 13.2 Å². The van der Waals surface area contributed by atoms with Crippen LogP contribution in [0.2, 0.25) is 0 Å². The van der Waals surface area contributed by atoms with Crippen LogP contribution in [-0.2, 0) is 9.57 Å². The van der Waals surface area contributed by atoms with Crippen LogP contribution >= 0.6 is 0 Å². The third-order valence-electron chi connectivity index (χ3n) is 5.86. The maximum absolute atomic E-state index is 12.2. The number of anilines is 3.